The molecule has 0 aromatic carbocycles. The van der Waals surface area contributed by atoms with E-state index < -0.39 is 0 Å². The Morgan fingerprint density at radius 3 is 2.94 bits per heavy atom. The van der Waals surface area contributed by atoms with E-state index in [0.29, 0.717) is 6.04 Å². The minimum absolute atomic E-state index is 0. The summed E-state index contributed by atoms with van der Waals surface area (Å²) in [5, 5.41) is 10.8. The smallest absolute Gasteiger partial charge is 0.191 e. The molecule has 2 rings (SSSR count). The maximum atomic E-state index is 4.55. The van der Waals surface area contributed by atoms with E-state index in [2.05, 4.69) is 27.6 Å². The summed E-state index contributed by atoms with van der Waals surface area (Å²) in [6, 6.07) is 2.60. The van der Waals surface area contributed by atoms with Gasteiger partial charge in [0, 0.05) is 38.1 Å². The molecule has 5 nitrogen and oxygen atoms in total. The summed E-state index contributed by atoms with van der Waals surface area (Å²) >= 11 is 0. The van der Waals surface area contributed by atoms with Crippen LogP contribution in [0.1, 0.15) is 26.2 Å². The van der Waals surface area contributed by atoms with Gasteiger partial charge in [-0.1, -0.05) is 0 Å². The SMILES string of the molecule is CCNC(=NCCCn1cccn1)NC1CC1.I. The van der Waals surface area contributed by atoms with Gasteiger partial charge in [-0.3, -0.25) is 9.67 Å². The Balaban J connectivity index is 0.00000162. The fraction of sp³-hybridized carbons (Fsp3) is 0.667. The van der Waals surface area contributed by atoms with Gasteiger partial charge in [0.25, 0.3) is 0 Å². The lowest BCUT2D eigenvalue weighted by Gasteiger charge is -2.09. The third kappa shape index (κ3) is 5.70. The van der Waals surface area contributed by atoms with Crippen LogP contribution in [0.5, 0.6) is 0 Å². The van der Waals surface area contributed by atoms with Gasteiger partial charge in [-0.05, 0) is 32.3 Å². The Kier molecular flexibility index (Phi) is 7.07. The van der Waals surface area contributed by atoms with Crippen molar-refractivity contribution >= 4 is 29.9 Å². The first-order chi connectivity index (χ1) is 8.38. The molecule has 1 fully saturated rings. The molecule has 0 unspecified atom stereocenters. The highest BCUT2D eigenvalue weighted by atomic mass is 127. The Labute approximate surface area is 125 Å². The summed E-state index contributed by atoms with van der Waals surface area (Å²) in [6.07, 6.45) is 7.36. The molecule has 1 aliphatic rings. The van der Waals surface area contributed by atoms with Crippen LogP contribution in [0.2, 0.25) is 0 Å². The van der Waals surface area contributed by atoms with Crippen LogP contribution in [-0.4, -0.2) is 34.9 Å². The molecule has 1 heterocycles. The molecule has 0 saturated heterocycles. The Morgan fingerprint density at radius 1 is 1.50 bits per heavy atom. The number of rotatable bonds is 6. The van der Waals surface area contributed by atoms with E-state index in [1.165, 1.54) is 12.8 Å². The third-order valence-corrected chi connectivity index (χ3v) is 2.64. The fourth-order valence-electron chi connectivity index (χ4n) is 1.60. The van der Waals surface area contributed by atoms with Crippen LogP contribution in [0.25, 0.3) is 0 Å². The molecule has 0 aliphatic heterocycles. The summed E-state index contributed by atoms with van der Waals surface area (Å²) in [5.41, 5.74) is 0. The summed E-state index contributed by atoms with van der Waals surface area (Å²) in [4.78, 5) is 4.55. The second-order valence-electron chi connectivity index (χ2n) is 4.30. The molecule has 0 spiro atoms. The Hall–Kier alpha value is -0.790. The first-order valence-electron chi connectivity index (χ1n) is 6.40. The van der Waals surface area contributed by atoms with Crippen molar-refractivity contribution in [2.45, 2.75) is 38.8 Å². The number of aromatic nitrogens is 2. The normalized spacial score (nSPS) is 15.1. The lowest BCUT2D eigenvalue weighted by Crippen LogP contribution is -2.38. The van der Waals surface area contributed by atoms with Crippen LogP contribution in [0, 0.1) is 0 Å². The average Bonchev–Trinajstić information content (AvgIpc) is 2.98. The van der Waals surface area contributed by atoms with Crippen molar-refractivity contribution in [1.82, 2.24) is 20.4 Å². The molecule has 0 bridgehead atoms. The van der Waals surface area contributed by atoms with E-state index in [-0.39, 0.29) is 24.0 Å². The summed E-state index contributed by atoms with van der Waals surface area (Å²) in [6.45, 7) is 4.77. The maximum Gasteiger partial charge on any atom is 0.191 e. The van der Waals surface area contributed by atoms with Crippen LogP contribution >= 0.6 is 24.0 Å². The number of hydrogen-bond acceptors (Lipinski definition) is 2. The maximum absolute atomic E-state index is 4.55. The molecular formula is C12H22IN5. The first kappa shape index (κ1) is 15.3. The van der Waals surface area contributed by atoms with E-state index in [9.17, 15) is 0 Å². The van der Waals surface area contributed by atoms with E-state index in [1.807, 2.05) is 23.1 Å². The largest absolute Gasteiger partial charge is 0.357 e. The predicted molar refractivity (Wildman–Crippen MR) is 84.4 cm³/mol. The van der Waals surface area contributed by atoms with Gasteiger partial charge < -0.3 is 10.6 Å². The van der Waals surface area contributed by atoms with Gasteiger partial charge >= 0.3 is 0 Å². The van der Waals surface area contributed by atoms with Crippen molar-refractivity contribution in [2.75, 3.05) is 13.1 Å². The van der Waals surface area contributed by atoms with E-state index in [4.69, 9.17) is 0 Å². The summed E-state index contributed by atoms with van der Waals surface area (Å²) < 4.78 is 1.94. The van der Waals surface area contributed by atoms with Crippen molar-refractivity contribution in [2.24, 2.45) is 4.99 Å². The molecule has 1 aromatic rings. The van der Waals surface area contributed by atoms with Gasteiger partial charge in [0.15, 0.2) is 5.96 Å². The Morgan fingerprint density at radius 2 is 2.33 bits per heavy atom. The zero-order chi connectivity index (χ0) is 11.9. The molecule has 6 heteroatoms. The van der Waals surface area contributed by atoms with Crippen LogP contribution in [0.15, 0.2) is 23.5 Å². The summed E-state index contributed by atoms with van der Waals surface area (Å²) in [7, 11) is 0. The monoisotopic (exact) mass is 363 g/mol. The van der Waals surface area contributed by atoms with Crippen LogP contribution in [-0.2, 0) is 6.54 Å². The third-order valence-electron chi connectivity index (χ3n) is 2.64. The number of aliphatic imine (C=N–C) groups is 1. The van der Waals surface area contributed by atoms with E-state index in [0.717, 1.165) is 32.0 Å². The molecule has 1 saturated carbocycles. The second kappa shape index (κ2) is 8.34. The second-order valence-corrected chi connectivity index (χ2v) is 4.30. The minimum atomic E-state index is 0. The standard InChI is InChI=1S/C12H21N5.HI/c1-2-13-12(16-11-5-6-11)14-7-3-9-17-10-4-8-15-17;/h4,8,10-11H,2-3,5-7,9H2,1H3,(H2,13,14,16);1H. The van der Waals surface area contributed by atoms with E-state index in [1.54, 1.807) is 0 Å². The van der Waals surface area contributed by atoms with Gasteiger partial charge in [0.05, 0.1) is 0 Å². The van der Waals surface area contributed by atoms with Crippen molar-refractivity contribution in [3.05, 3.63) is 18.5 Å². The molecule has 18 heavy (non-hydrogen) atoms. The molecule has 0 radical (unpaired) electrons. The number of aryl methyl sites for hydroxylation is 1. The van der Waals surface area contributed by atoms with Gasteiger partial charge in [-0.2, -0.15) is 5.10 Å². The quantitative estimate of drug-likeness (QED) is 0.350. The van der Waals surface area contributed by atoms with Gasteiger partial charge in [0.2, 0.25) is 0 Å². The number of nitrogens with one attached hydrogen (secondary N) is 2. The van der Waals surface area contributed by atoms with E-state index >= 15 is 0 Å². The van der Waals surface area contributed by atoms with Crippen molar-refractivity contribution < 1.29 is 0 Å². The molecule has 1 aromatic heterocycles. The zero-order valence-corrected chi connectivity index (χ0v) is 13.1. The van der Waals surface area contributed by atoms with Crippen LogP contribution < -0.4 is 10.6 Å². The lowest BCUT2D eigenvalue weighted by atomic mass is 10.4. The number of hydrogen-bond donors (Lipinski definition) is 2. The molecule has 0 atom stereocenters. The van der Waals surface area contributed by atoms with Crippen molar-refractivity contribution in [1.29, 1.82) is 0 Å². The predicted octanol–water partition coefficient (Wildman–Crippen LogP) is 1.61. The molecule has 1 aliphatic carbocycles. The van der Waals surface area contributed by atoms with Crippen molar-refractivity contribution in [3.63, 3.8) is 0 Å². The van der Waals surface area contributed by atoms with Crippen molar-refractivity contribution in [3.8, 4) is 0 Å². The molecule has 102 valence electrons. The molecular weight excluding hydrogens is 341 g/mol. The number of guanidine groups is 1. The summed E-state index contributed by atoms with van der Waals surface area (Å²) in [5.74, 6) is 0.954. The van der Waals surface area contributed by atoms with Gasteiger partial charge in [-0.25, -0.2) is 0 Å². The van der Waals surface area contributed by atoms with Gasteiger partial charge in [0.1, 0.15) is 0 Å². The minimum Gasteiger partial charge on any atom is -0.357 e. The highest BCUT2D eigenvalue weighted by Crippen LogP contribution is 2.18. The molecule has 0 amide bonds. The first-order valence-corrected chi connectivity index (χ1v) is 6.40. The van der Waals surface area contributed by atoms with Crippen LogP contribution in [0.4, 0.5) is 0 Å². The Bertz CT molecular complexity index is 345. The van der Waals surface area contributed by atoms with Crippen LogP contribution in [0.3, 0.4) is 0 Å². The van der Waals surface area contributed by atoms with Gasteiger partial charge in [-0.15, -0.1) is 24.0 Å². The number of nitrogens with zero attached hydrogens (tertiary/aromatic N) is 3. The highest BCUT2D eigenvalue weighted by molar-refractivity contribution is 14.0. The zero-order valence-electron chi connectivity index (χ0n) is 10.8. The molecule has 2 N–H and O–H groups in total. The lowest BCUT2D eigenvalue weighted by molar-refractivity contribution is 0.584. The topological polar surface area (TPSA) is 54.2 Å². The highest BCUT2D eigenvalue weighted by Gasteiger charge is 2.21. The fourth-order valence-corrected chi connectivity index (χ4v) is 1.60. The average molecular weight is 363 g/mol. The number of halogens is 1.